The third kappa shape index (κ3) is 2.42. The Morgan fingerprint density at radius 2 is 1.90 bits per heavy atom. The van der Waals surface area contributed by atoms with Crippen molar-refractivity contribution in [2.75, 3.05) is 13.2 Å². The molecule has 0 aromatic heterocycles. The highest BCUT2D eigenvalue weighted by molar-refractivity contribution is 4.98. The molecule has 0 aromatic rings. The number of fused-ring (bicyclic) bond motifs is 2. The Morgan fingerprint density at radius 1 is 1.14 bits per heavy atom. The Morgan fingerprint density at radius 3 is 2.67 bits per heavy atom. The van der Waals surface area contributed by atoms with Crippen molar-refractivity contribution in [2.45, 2.75) is 76.0 Å². The first-order valence-electron chi connectivity index (χ1n) is 8.13. The summed E-state index contributed by atoms with van der Waals surface area (Å²) in [5.41, 5.74) is 0. The lowest BCUT2D eigenvalue weighted by Crippen LogP contribution is -2.42. The molecule has 3 heterocycles. The van der Waals surface area contributed by atoms with Gasteiger partial charge in [-0.3, -0.25) is 4.84 Å². The van der Waals surface area contributed by atoms with Gasteiger partial charge in [-0.05, 0) is 26.7 Å². The fourth-order valence-corrected chi connectivity index (χ4v) is 4.17. The van der Waals surface area contributed by atoms with E-state index in [1.807, 2.05) is 18.9 Å². The number of ether oxygens (including phenoxy) is 3. The van der Waals surface area contributed by atoms with E-state index < -0.39 is 5.79 Å². The number of aliphatic hydroxyl groups excluding tert-OH is 1. The van der Waals surface area contributed by atoms with Crippen molar-refractivity contribution in [3.63, 3.8) is 0 Å². The Balaban J connectivity index is 1.50. The van der Waals surface area contributed by atoms with E-state index in [9.17, 15) is 5.11 Å². The average Bonchev–Trinajstić information content (AvgIpc) is 3.08. The second-order valence-electron chi connectivity index (χ2n) is 7.10. The number of nitrogens with zero attached hydrogens (tertiary/aromatic N) is 1. The van der Waals surface area contributed by atoms with E-state index in [-0.39, 0.29) is 31.1 Å². The van der Waals surface area contributed by atoms with Gasteiger partial charge in [0.1, 0.15) is 18.3 Å². The third-order valence-electron chi connectivity index (χ3n) is 5.11. The highest BCUT2D eigenvalue weighted by Gasteiger charge is 2.58. The normalized spacial score (nSPS) is 49.3. The summed E-state index contributed by atoms with van der Waals surface area (Å²) in [7, 11) is 0. The number of aliphatic hydroxyl groups is 1. The maximum atomic E-state index is 9.53. The molecule has 21 heavy (non-hydrogen) atoms. The minimum Gasteiger partial charge on any atom is -0.394 e. The summed E-state index contributed by atoms with van der Waals surface area (Å²) in [6.07, 6.45) is 4.19. The standard InChI is InChI=1S/C15H25NO5/c1-15(2)19-12-11(8-17)18-14(13(12)20-15)16-7-9-5-3-4-6-10(9)21-16/h9-14,17H,3-8H2,1-2H3/t9-,10-,11+,12-,13+,14+/m1/s1. The van der Waals surface area contributed by atoms with E-state index in [2.05, 4.69) is 0 Å². The minimum absolute atomic E-state index is 0.0577. The Bertz CT molecular complexity index is 390. The first kappa shape index (κ1) is 14.4. The maximum absolute atomic E-state index is 9.53. The summed E-state index contributed by atoms with van der Waals surface area (Å²) in [4.78, 5) is 6.11. The monoisotopic (exact) mass is 299 g/mol. The average molecular weight is 299 g/mol. The minimum atomic E-state index is -0.628. The summed E-state index contributed by atoms with van der Waals surface area (Å²) in [5.74, 6) is -0.0265. The van der Waals surface area contributed by atoms with Crippen molar-refractivity contribution in [1.29, 1.82) is 0 Å². The molecule has 0 aromatic carbocycles. The van der Waals surface area contributed by atoms with Gasteiger partial charge in [0.2, 0.25) is 0 Å². The van der Waals surface area contributed by atoms with Crippen LogP contribution >= 0.6 is 0 Å². The molecule has 3 aliphatic heterocycles. The molecule has 6 nitrogen and oxygen atoms in total. The maximum Gasteiger partial charge on any atom is 0.164 e. The van der Waals surface area contributed by atoms with E-state index in [0.29, 0.717) is 12.0 Å². The Hall–Kier alpha value is -0.240. The molecule has 0 bridgehead atoms. The van der Waals surface area contributed by atoms with Crippen LogP contribution in [-0.2, 0) is 19.0 Å². The molecular formula is C15H25NO5. The lowest BCUT2D eigenvalue weighted by atomic mass is 9.87. The lowest BCUT2D eigenvalue weighted by Gasteiger charge is -2.28. The zero-order chi connectivity index (χ0) is 14.6. The van der Waals surface area contributed by atoms with Gasteiger partial charge in [-0.2, -0.15) is 5.06 Å². The molecule has 4 rings (SSSR count). The van der Waals surface area contributed by atoms with E-state index in [0.717, 1.165) is 13.0 Å². The van der Waals surface area contributed by atoms with Crippen LogP contribution in [0.3, 0.4) is 0 Å². The van der Waals surface area contributed by atoms with Gasteiger partial charge in [-0.25, -0.2) is 0 Å². The molecule has 6 heteroatoms. The predicted molar refractivity (Wildman–Crippen MR) is 73.1 cm³/mol. The summed E-state index contributed by atoms with van der Waals surface area (Å²) < 4.78 is 17.9. The molecule has 0 amide bonds. The van der Waals surface area contributed by atoms with Crippen LogP contribution in [0.5, 0.6) is 0 Å². The van der Waals surface area contributed by atoms with Crippen molar-refractivity contribution in [3.05, 3.63) is 0 Å². The van der Waals surface area contributed by atoms with E-state index in [1.54, 1.807) is 0 Å². The van der Waals surface area contributed by atoms with Crippen LogP contribution in [0.4, 0.5) is 0 Å². The number of hydrogen-bond donors (Lipinski definition) is 1. The van der Waals surface area contributed by atoms with E-state index in [4.69, 9.17) is 19.0 Å². The Kier molecular flexibility index (Phi) is 3.52. The number of hydroxylamine groups is 2. The molecule has 1 aliphatic carbocycles. The van der Waals surface area contributed by atoms with Crippen LogP contribution in [0.1, 0.15) is 39.5 Å². The summed E-state index contributed by atoms with van der Waals surface area (Å²) >= 11 is 0. The van der Waals surface area contributed by atoms with Crippen molar-refractivity contribution in [1.82, 2.24) is 5.06 Å². The molecule has 3 saturated heterocycles. The largest absolute Gasteiger partial charge is 0.394 e. The molecule has 0 unspecified atom stereocenters. The summed E-state index contributed by atoms with van der Waals surface area (Å²) in [5, 5.41) is 11.5. The van der Waals surface area contributed by atoms with Crippen LogP contribution in [0.2, 0.25) is 0 Å². The zero-order valence-corrected chi connectivity index (χ0v) is 12.7. The molecule has 6 atom stereocenters. The fourth-order valence-electron chi connectivity index (χ4n) is 4.17. The molecular weight excluding hydrogens is 274 g/mol. The van der Waals surface area contributed by atoms with Crippen molar-refractivity contribution in [3.8, 4) is 0 Å². The van der Waals surface area contributed by atoms with E-state index >= 15 is 0 Å². The van der Waals surface area contributed by atoms with Crippen molar-refractivity contribution < 1.29 is 24.2 Å². The smallest absolute Gasteiger partial charge is 0.164 e. The SMILES string of the molecule is CC1(C)O[C@H]2[C@H](O1)[C@@H](N1C[C@H]3CCCC[C@H]3O1)O[C@H]2CO. The third-order valence-corrected chi connectivity index (χ3v) is 5.11. The predicted octanol–water partition coefficient (Wildman–Crippen LogP) is 1.03. The second-order valence-corrected chi connectivity index (χ2v) is 7.10. The van der Waals surface area contributed by atoms with Gasteiger partial charge in [0.25, 0.3) is 0 Å². The molecule has 0 radical (unpaired) electrons. The highest BCUT2D eigenvalue weighted by Crippen LogP contribution is 2.42. The quantitative estimate of drug-likeness (QED) is 0.822. The van der Waals surface area contributed by atoms with Crippen LogP contribution in [0.25, 0.3) is 0 Å². The highest BCUT2D eigenvalue weighted by atomic mass is 16.8. The molecule has 4 aliphatic rings. The van der Waals surface area contributed by atoms with Crippen molar-refractivity contribution >= 4 is 0 Å². The zero-order valence-electron chi connectivity index (χ0n) is 12.7. The van der Waals surface area contributed by atoms with Crippen LogP contribution < -0.4 is 0 Å². The molecule has 1 N–H and O–H groups in total. The van der Waals surface area contributed by atoms with Gasteiger partial charge in [0.15, 0.2) is 12.0 Å². The Labute approximate surface area is 125 Å². The molecule has 120 valence electrons. The van der Waals surface area contributed by atoms with Crippen LogP contribution in [0, 0.1) is 5.92 Å². The van der Waals surface area contributed by atoms with Gasteiger partial charge in [0.05, 0.1) is 12.7 Å². The molecule has 1 saturated carbocycles. The van der Waals surface area contributed by atoms with Gasteiger partial charge in [-0.1, -0.05) is 12.8 Å². The van der Waals surface area contributed by atoms with Crippen LogP contribution in [-0.4, -0.2) is 59.8 Å². The van der Waals surface area contributed by atoms with Gasteiger partial charge < -0.3 is 19.3 Å². The molecule has 4 fully saturated rings. The van der Waals surface area contributed by atoms with Gasteiger partial charge >= 0.3 is 0 Å². The van der Waals surface area contributed by atoms with Crippen molar-refractivity contribution in [2.24, 2.45) is 5.92 Å². The summed E-state index contributed by atoms with van der Waals surface area (Å²) in [6.45, 7) is 4.64. The van der Waals surface area contributed by atoms with E-state index in [1.165, 1.54) is 19.3 Å². The first-order valence-corrected chi connectivity index (χ1v) is 8.13. The lowest BCUT2D eigenvalue weighted by molar-refractivity contribution is -0.276. The molecule has 0 spiro atoms. The number of hydrogen-bond acceptors (Lipinski definition) is 6. The van der Waals surface area contributed by atoms with Gasteiger partial charge in [-0.15, -0.1) is 0 Å². The van der Waals surface area contributed by atoms with Crippen LogP contribution in [0.15, 0.2) is 0 Å². The topological polar surface area (TPSA) is 60.4 Å². The van der Waals surface area contributed by atoms with Gasteiger partial charge in [0, 0.05) is 12.5 Å². The number of rotatable bonds is 2. The fraction of sp³-hybridized carbons (Fsp3) is 1.00. The first-order chi connectivity index (χ1) is 10.1. The summed E-state index contributed by atoms with van der Waals surface area (Å²) in [6, 6.07) is 0. The second kappa shape index (κ2) is 5.15.